The highest BCUT2D eigenvalue weighted by molar-refractivity contribution is 9.10. The number of nitrogens with zero attached hydrogens (tertiary/aromatic N) is 2. The van der Waals surface area contributed by atoms with Gasteiger partial charge in [0.2, 0.25) is 0 Å². The second-order valence-electron chi connectivity index (χ2n) is 8.46. The highest BCUT2D eigenvalue weighted by Crippen LogP contribution is 2.30. The fraction of sp³-hybridized carbons (Fsp3) is 0.179. The topological polar surface area (TPSA) is 82.5 Å². The molecule has 3 aromatic carbocycles. The average Bonchev–Trinajstić information content (AvgIpc) is 3.36. The molecule has 1 aromatic heterocycles. The third-order valence-electron chi connectivity index (χ3n) is 5.61. The van der Waals surface area contributed by atoms with Crippen molar-refractivity contribution < 1.29 is 14.7 Å². The van der Waals surface area contributed by atoms with Crippen LogP contribution in [0, 0.1) is 6.92 Å². The fourth-order valence-corrected chi connectivity index (χ4v) is 4.73. The van der Waals surface area contributed by atoms with Gasteiger partial charge in [-0.2, -0.15) is 0 Å². The molecule has 0 aliphatic heterocycles. The van der Waals surface area contributed by atoms with Gasteiger partial charge in [-0.1, -0.05) is 70.0 Å². The van der Waals surface area contributed by atoms with E-state index in [1.165, 1.54) is 11.1 Å². The summed E-state index contributed by atoms with van der Waals surface area (Å²) in [5.41, 5.74) is 5.96. The van der Waals surface area contributed by atoms with Gasteiger partial charge in [0, 0.05) is 40.6 Å². The van der Waals surface area contributed by atoms with E-state index in [2.05, 4.69) is 74.8 Å². The third-order valence-corrected chi connectivity index (χ3v) is 7.04. The molecule has 0 aliphatic carbocycles. The quantitative estimate of drug-likeness (QED) is 0.237. The zero-order valence-electron chi connectivity index (χ0n) is 19.8. The van der Waals surface area contributed by atoms with Gasteiger partial charge < -0.3 is 15.3 Å². The lowest BCUT2D eigenvalue weighted by Crippen LogP contribution is -2.26. The van der Waals surface area contributed by atoms with Crippen molar-refractivity contribution in [3.05, 3.63) is 105 Å². The summed E-state index contributed by atoms with van der Waals surface area (Å²) in [7, 11) is 0. The predicted molar refractivity (Wildman–Crippen MR) is 147 cm³/mol. The third kappa shape index (κ3) is 7.02. The molecule has 0 saturated carbocycles. The van der Waals surface area contributed by atoms with E-state index in [1.807, 2.05) is 24.3 Å². The molecular weight excluding hydrogens is 538 g/mol. The van der Waals surface area contributed by atoms with E-state index in [4.69, 9.17) is 10.1 Å². The smallest absolute Gasteiger partial charge is 0.305 e. The largest absolute Gasteiger partial charge is 0.481 e. The maximum Gasteiger partial charge on any atom is 0.305 e. The molecule has 4 aromatic rings. The van der Waals surface area contributed by atoms with Gasteiger partial charge >= 0.3 is 5.97 Å². The van der Waals surface area contributed by atoms with Gasteiger partial charge in [0.05, 0.1) is 12.1 Å². The number of thiazole rings is 1. The summed E-state index contributed by atoms with van der Waals surface area (Å²) in [6, 6.07) is 24.0. The molecule has 1 heterocycles. The number of carboxylic acids is 1. The molecule has 0 unspecified atom stereocenters. The number of aliphatic carboxylic acids is 1. The Bertz CT molecular complexity index is 1320. The van der Waals surface area contributed by atoms with Crippen molar-refractivity contribution in [3.8, 4) is 11.3 Å². The van der Waals surface area contributed by atoms with Gasteiger partial charge in [-0.25, -0.2) is 4.98 Å². The van der Waals surface area contributed by atoms with Crippen molar-refractivity contribution in [2.75, 3.05) is 11.4 Å². The number of carboxylic acid groups (broad SMARTS) is 1. The van der Waals surface area contributed by atoms with Crippen molar-refractivity contribution in [1.29, 1.82) is 0 Å². The maximum atomic E-state index is 12.3. The first-order valence-corrected chi connectivity index (χ1v) is 13.2. The first-order chi connectivity index (χ1) is 17.4. The minimum absolute atomic E-state index is 0.101. The van der Waals surface area contributed by atoms with E-state index in [-0.39, 0.29) is 18.9 Å². The Morgan fingerprint density at radius 1 is 0.944 bits per heavy atom. The molecule has 2 N–H and O–H groups in total. The van der Waals surface area contributed by atoms with Crippen LogP contribution in [0.15, 0.2) is 82.6 Å². The Balaban J connectivity index is 1.52. The second kappa shape index (κ2) is 12.0. The minimum Gasteiger partial charge on any atom is -0.481 e. The van der Waals surface area contributed by atoms with E-state index >= 15 is 0 Å². The number of rotatable bonds is 10. The van der Waals surface area contributed by atoms with Crippen LogP contribution in [0.5, 0.6) is 0 Å². The number of carbonyl (C=O) groups is 2. The summed E-state index contributed by atoms with van der Waals surface area (Å²) in [4.78, 5) is 30.1. The number of aryl methyl sites for hydroxylation is 1. The molecule has 4 rings (SSSR count). The molecule has 184 valence electrons. The van der Waals surface area contributed by atoms with Crippen LogP contribution >= 0.6 is 27.3 Å². The Hall–Kier alpha value is -3.49. The number of halogens is 1. The van der Waals surface area contributed by atoms with Gasteiger partial charge in [-0.15, -0.1) is 11.3 Å². The first kappa shape index (κ1) is 25.6. The van der Waals surface area contributed by atoms with Gasteiger partial charge in [0.1, 0.15) is 0 Å². The summed E-state index contributed by atoms with van der Waals surface area (Å²) < 4.78 is 1.03. The summed E-state index contributed by atoms with van der Waals surface area (Å²) in [6.07, 6.45) is -0.104. The molecule has 8 heteroatoms. The standard InChI is InChI=1S/C28H26BrN3O3S/c1-19-2-8-22(9-3-19)25-18-36-28(31-25)32(17-21-6-12-24(29)13-7-21)16-20-4-10-23(11-5-20)27(35)30-15-14-26(33)34/h2-13,18H,14-17H2,1H3,(H,30,35)(H,33,34). The highest BCUT2D eigenvalue weighted by atomic mass is 79.9. The first-order valence-electron chi connectivity index (χ1n) is 11.5. The zero-order chi connectivity index (χ0) is 25.5. The van der Waals surface area contributed by atoms with Crippen molar-refractivity contribution in [2.24, 2.45) is 0 Å². The summed E-state index contributed by atoms with van der Waals surface area (Å²) in [5, 5.41) is 14.4. The van der Waals surface area contributed by atoms with Crippen LogP contribution in [0.4, 0.5) is 5.13 Å². The molecule has 0 radical (unpaired) electrons. The molecule has 1 amide bonds. The van der Waals surface area contributed by atoms with Crippen LogP contribution in [-0.2, 0) is 17.9 Å². The maximum absolute atomic E-state index is 12.3. The Morgan fingerprint density at radius 2 is 1.56 bits per heavy atom. The van der Waals surface area contributed by atoms with Crippen molar-refractivity contribution >= 4 is 44.3 Å². The van der Waals surface area contributed by atoms with Crippen molar-refractivity contribution in [1.82, 2.24) is 10.3 Å². The van der Waals surface area contributed by atoms with Crippen molar-refractivity contribution in [3.63, 3.8) is 0 Å². The molecule has 6 nitrogen and oxygen atoms in total. The van der Waals surface area contributed by atoms with Crippen LogP contribution in [0.1, 0.15) is 33.5 Å². The molecule has 0 saturated heterocycles. The van der Waals surface area contributed by atoms with Gasteiger partial charge in [0.15, 0.2) is 5.13 Å². The van der Waals surface area contributed by atoms with Gasteiger partial charge in [0.25, 0.3) is 5.91 Å². The van der Waals surface area contributed by atoms with Crippen LogP contribution in [-0.4, -0.2) is 28.5 Å². The summed E-state index contributed by atoms with van der Waals surface area (Å²) in [6.45, 7) is 3.48. The number of amides is 1. The summed E-state index contributed by atoms with van der Waals surface area (Å²) >= 11 is 5.11. The van der Waals surface area contributed by atoms with Crippen LogP contribution in [0.3, 0.4) is 0 Å². The van der Waals surface area contributed by atoms with Crippen LogP contribution in [0.2, 0.25) is 0 Å². The monoisotopic (exact) mass is 563 g/mol. The zero-order valence-corrected chi connectivity index (χ0v) is 22.2. The van der Waals surface area contributed by atoms with E-state index in [9.17, 15) is 9.59 Å². The van der Waals surface area contributed by atoms with Crippen LogP contribution in [0.25, 0.3) is 11.3 Å². The second-order valence-corrected chi connectivity index (χ2v) is 10.2. The molecule has 0 atom stereocenters. The number of anilines is 1. The molecule has 0 bridgehead atoms. The highest BCUT2D eigenvalue weighted by Gasteiger charge is 2.15. The van der Waals surface area contributed by atoms with E-state index < -0.39 is 5.97 Å². The fourth-order valence-electron chi connectivity index (χ4n) is 3.63. The SMILES string of the molecule is Cc1ccc(-c2csc(N(Cc3ccc(Br)cc3)Cc3ccc(C(=O)NCCC(=O)O)cc3)n2)cc1. The van der Waals surface area contributed by atoms with E-state index in [0.29, 0.717) is 18.7 Å². The number of hydrogen-bond acceptors (Lipinski definition) is 5. The minimum atomic E-state index is -0.941. The van der Waals surface area contributed by atoms with Crippen LogP contribution < -0.4 is 10.2 Å². The number of nitrogens with one attached hydrogen (secondary N) is 1. The lowest BCUT2D eigenvalue weighted by molar-refractivity contribution is -0.136. The number of hydrogen-bond donors (Lipinski definition) is 2. The Kier molecular flexibility index (Phi) is 8.51. The Labute approximate surface area is 222 Å². The lowest BCUT2D eigenvalue weighted by atomic mass is 10.1. The van der Waals surface area contributed by atoms with Crippen molar-refractivity contribution in [2.45, 2.75) is 26.4 Å². The molecule has 0 aliphatic rings. The summed E-state index contributed by atoms with van der Waals surface area (Å²) in [5.74, 6) is -1.22. The Morgan fingerprint density at radius 3 is 2.17 bits per heavy atom. The number of carbonyl (C=O) groups excluding carboxylic acids is 1. The number of benzene rings is 3. The van der Waals surface area contributed by atoms with Gasteiger partial charge in [-0.3, -0.25) is 9.59 Å². The van der Waals surface area contributed by atoms with E-state index in [0.717, 1.165) is 26.4 Å². The molecule has 36 heavy (non-hydrogen) atoms. The average molecular weight is 565 g/mol. The van der Waals surface area contributed by atoms with Gasteiger partial charge in [-0.05, 0) is 42.3 Å². The predicted octanol–water partition coefficient (Wildman–Crippen LogP) is 6.29. The normalized spacial score (nSPS) is 10.7. The van der Waals surface area contributed by atoms with E-state index in [1.54, 1.807) is 23.5 Å². The molecule has 0 fully saturated rings. The number of aromatic nitrogens is 1. The molecule has 0 spiro atoms. The lowest BCUT2D eigenvalue weighted by Gasteiger charge is -2.22. The molecular formula is C28H26BrN3O3S.